The van der Waals surface area contributed by atoms with E-state index in [9.17, 15) is 4.79 Å². The number of carbonyl (C=O) groups excluding carboxylic acids is 1. The van der Waals surface area contributed by atoms with E-state index in [4.69, 9.17) is 0 Å². The molecule has 82 valence electrons. The fraction of sp³-hybridized carbons (Fsp3) is 0.545. The molecular weight excluding hydrogens is 208 g/mol. The van der Waals surface area contributed by atoms with Gasteiger partial charge in [0.05, 0.1) is 11.4 Å². The van der Waals surface area contributed by atoms with Crippen LogP contribution in [0, 0.1) is 12.3 Å². The molecule has 0 aliphatic heterocycles. The smallest absolute Gasteiger partial charge is 0.148 e. The standard InChI is InChI=1S/C11H16N2OS/c1-8-5-6-10(13-12-8)15-7-9(14)11(2,3)4/h5-6H,7H2,1-4H3. The Morgan fingerprint density at radius 1 is 1.33 bits per heavy atom. The van der Waals surface area contributed by atoms with Crippen LogP contribution in [0.1, 0.15) is 26.5 Å². The molecular formula is C11H16N2OS. The minimum atomic E-state index is -0.273. The van der Waals surface area contributed by atoms with E-state index in [0.29, 0.717) is 5.75 Å². The molecule has 0 aliphatic rings. The number of Topliss-reactive ketones (excluding diaryl/α,β-unsaturated/α-hetero) is 1. The highest BCUT2D eigenvalue weighted by atomic mass is 32.2. The van der Waals surface area contributed by atoms with Gasteiger partial charge in [0.15, 0.2) is 0 Å². The summed E-state index contributed by atoms with van der Waals surface area (Å²) in [5.41, 5.74) is 0.618. The van der Waals surface area contributed by atoms with Crippen molar-refractivity contribution < 1.29 is 4.79 Å². The second-order valence-corrected chi connectivity index (χ2v) is 5.47. The van der Waals surface area contributed by atoms with Gasteiger partial charge >= 0.3 is 0 Å². The van der Waals surface area contributed by atoms with Crippen LogP contribution in [-0.2, 0) is 4.79 Å². The minimum Gasteiger partial charge on any atom is -0.298 e. The van der Waals surface area contributed by atoms with Gasteiger partial charge in [-0.3, -0.25) is 4.79 Å². The van der Waals surface area contributed by atoms with Gasteiger partial charge in [0.25, 0.3) is 0 Å². The summed E-state index contributed by atoms with van der Waals surface area (Å²) < 4.78 is 0. The molecule has 0 bridgehead atoms. The molecule has 4 heteroatoms. The first-order valence-electron chi connectivity index (χ1n) is 4.86. The summed E-state index contributed by atoms with van der Waals surface area (Å²) in [5, 5.41) is 8.73. The first-order chi connectivity index (χ1) is 6.89. The van der Waals surface area contributed by atoms with Crippen LogP contribution in [0.4, 0.5) is 0 Å². The predicted molar refractivity (Wildman–Crippen MR) is 62.0 cm³/mol. The van der Waals surface area contributed by atoms with Gasteiger partial charge in [0.1, 0.15) is 10.8 Å². The number of hydrogen-bond acceptors (Lipinski definition) is 4. The van der Waals surface area contributed by atoms with Crippen LogP contribution >= 0.6 is 11.8 Å². The molecule has 15 heavy (non-hydrogen) atoms. The second kappa shape index (κ2) is 4.75. The Bertz CT molecular complexity index is 341. The highest BCUT2D eigenvalue weighted by Crippen LogP contribution is 2.21. The van der Waals surface area contributed by atoms with Crippen LogP contribution in [0.3, 0.4) is 0 Å². The summed E-state index contributed by atoms with van der Waals surface area (Å²) in [5.74, 6) is 0.691. The van der Waals surface area contributed by atoms with Gasteiger partial charge < -0.3 is 0 Å². The average molecular weight is 224 g/mol. The molecule has 1 heterocycles. The molecule has 3 nitrogen and oxygen atoms in total. The lowest BCUT2D eigenvalue weighted by atomic mass is 9.92. The van der Waals surface area contributed by atoms with Crippen molar-refractivity contribution >= 4 is 17.5 Å². The molecule has 0 radical (unpaired) electrons. The molecule has 0 aliphatic carbocycles. The van der Waals surface area contributed by atoms with Gasteiger partial charge in [-0.25, -0.2) is 0 Å². The van der Waals surface area contributed by atoms with Crippen LogP contribution < -0.4 is 0 Å². The number of rotatable bonds is 3. The van der Waals surface area contributed by atoms with Crippen molar-refractivity contribution in [1.82, 2.24) is 10.2 Å². The molecule has 0 N–H and O–H groups in total. The van der Waals surface area contributed by atoms with E-state index in [1.165, 1.54) is 11.8 Å². The molecule has 1 aromatic heterocycles. The lowest BCUT2D eigenvalue weighted by Gasteiger charge is -2.15. The Kier molecular flexibility index (Phi) is 3.85. The minimum absolute atomic E-state index is 0.231. The zero-order chi connectivity index (χ0) is 11.5. The topological polar surface area (TPSA) is 42.9 Å². The maximum absolute atomic E-state index is 11.6. The van der Waals surface area contributed by atoms with Gasteiger partial charge in [-0.1, -0.05) is 32.5 Å². The van der Waals surface area contributed by atoms with Crippen molar-refractivity contribution in [3.63, 3.8) is 0 Å². The monoisotopic (exact) mass is 224 g/mol. The van der Waals surface area contributed by atoms with Crippen molar-refractivity contribution in [1.29, 1.82) is 0 Å². The molecule has 0 unspecified atom stereocenters. The Balaban J connectivity index is 2.51. The van der Waals surface area contributed by atoms with Crippen LogP contribution in [-0.4, -0.2) is 21.7 Å². The van der Waals surface area contributed by atoms with E-state index >= 15 is 0 Å². The van der Waals surface area contributed by atoms with Gasteiger partial charge in [0, 0.05) is 5.41 Å². The number of ketones is 1. The summed E-state index contributed by atoms with van der Waals surface area (Å²) in [7, 11) is 0. The molecule has 0 spiro atoms. The molecule has 0 amide bonds. The zero-order valence-electron chi connectivity index (χ0n) is 9.57. The molecule has 0 fully saturated rings. The van der Waals surface area contributed by atoms with Crippen molar-refractivity contribution in [3.05, 3.63) is 17.8 Å². The Morgan fingerprint density at radius 2 is 2.00 bits per heavy atom. The van der Waals surface area contributed by atoms with Crippen molar-refractivity contribution in [2.45, 2.75) is 32.7 Å². The highest BCUT2D eigenvalue weighted by Gasteiger charge is 2.20. The number of aryl methyl sites for hydroxylation is 1. The second-order valence-electron chi connectivity index (χ2n) is 4.47. The fourth-order valence-corrected chi connectivity index (χ4v) is 1.79. The maximum Gasteiger partial charge on any atom is 0.148 e. The normalized spacial score (nSPS) is 11.5. The molecule has 1 aromatic rings. The van der Waals surface area contributed by atoms with Crippen LogP contribution in [0.15, 0.2) is 17.2 Å². The number of thioether (sulfide) groups is 1. The Labute approximate surface area is 94.7 Å². The predicted octanol–water partition coefficient (Wildman–Crippen LogP) is 2.49. The van der Waals surface area contributed by atoms with E-state index in [1.54, 1.807) is 0 Å². The average Bonchev–Trinajstić information content (AvgIpc) is 2.15. The SMILES string of the molecule is Cc1ccc(SCC(=O)C(C)(C)C)nn1. The van der Waals surface area contributed by atoms with E-state index in [0.717, 1.165) is 10.7 Å². The van der Waals surface area contributed by atoms with E-state index in [2.05, 4.69) is 10.2 Å². The van der Waals surface area contributed by atoms with E-state index in [1.807, 2.05) is 39.8 Å². The third-order valence-corrected chi connectivity index (χ3v) is 2.88. The first kappa shape index (κ1) is 12.2. The number of aromatic nitrogens is 2. The number of hydrogen-bond donors (Lipinski definition) is 0. The third-order valence-electron chi connectivity index (χ3n) is 1.96. The van der Waals surface area contributed by atoms with Gasteiger partial charge in [-0.2, -0.15) is 5.10 Å². The fourth-order valence-electron chi connectivity index (χ4n) is 0.820. The Morgan fingerprint density at radius 3 is 2.47 bits per heavy atom. The quantitative estimate of drug-likeness (QED) is 0.740. The first-order valence-corrected chi connectivity index (χ1v) is 5.84. The number of nitrogens with zero attached hydrogens (tertiary/aromatic N) is 2. The van der Waals surface area contributed by atoms with E-state index in [-0.39, 0.29) is 11.2 Å². The summed E-state index contributed by atoms with van der Waals surface area (Å²) in [6.45, 7) is 7.67. The highest BCUT2D eigenvalue weighted by molar-refractivity contribution is 7.99. The van der Waals surface area contributed by atoms with Gasteiger partial charge in [-0.15, -0.1) is 5.10 Å². The molecule has 0 aromatic carbocycles. The van der Waals surface area contributed by atoms with Gasteiger partial charge in [0.2, 0.25) is 0 Å². The molecule has 1 rings (SSSR count). The summed E-state index contributed by atoms with van der Waals surface area (Å²) in [6.07, 6.45) is 0. The summed E-state index contributed by atoms with van der Waals surface area (Å²) in [4.78, 5) is 11.6. The lowest BCUT2D eigenvalue weighted by molar-refractivity contribution is -0.123. The van der Waals surface area contributed by atoms with E-state index < -0.39 is 0 Å². The Hall–Kier alpha value is -0.900. The zero-order valence-corrected chi connectivity index (χ0v) is 10.4. The third kappa shape index (κ3) is 4.00. The molecule has 0 atom stereocenters. The van der Waals surface area contributed by atoms with Crippen molar-refractivity contribution in [3.8, 4) is 0 Å². The lowest BCUT2D eigenvalue weighted by Crippen LogP contribution is -2.22. The summed E-state index contributed by atoms with van der Waals surface area (Å²) >= 11 is 1.44. The van der Waals surface area contributed by atoms with Crippen LogP contribution in [0.5, 0.6) is 0 Å². The number of carbonyl (C=O) groups is 1. The van der Waals surface area contributed by atoms with Gasteiger partial charge in [-0.05, 0) is 19.1 Å². The summed E-state index contributed by atoms with van der Waals surface area (Å²) in [6, 6.07) is 3.79. The van der Waals surface area contributed by atoms with Crippen LogP contribution in [0.25, 0.3) is 0 Å². The largest absolute Gasteiger partial charge is 0.298 e. The van der Waals surface area contributed by atoms with Crippen molar-refractivity contribution in [2.75, 3.05) is 5.75 Å². The molecule has 0 saturated carbocycles. The van der Waals surface area contributed by atoms with Crippen LogP contribution in [0.2, 0.25) is 0 Å². The molecule has 0 saturated heterocycles. The maximum atomic E-state index is 11.6. The van der Waals surface area contributed by atoms with Crippen molar-refractivity contribution in [2.24, 2.45) is 5.41 Å².